The van der Waals surface area contributed by atoms with E-state index in [1.807, 2.05) is 5.43 Å². The van der Waals surface area contributed by atoms with Crippen molar-refractivity contribution in [3.05, 3.63) is 18.7 Å². The lowest BCUT2D eigenvalue weighted by Crippen LogP contribution is -2.28. The fourth-order valence-corrected chi connectivity index (χ4v) is 0.487. The van der Waals surface area contributed by atoms with Crippen molar-refractivity contribution in [3.8, 4) is 0 Å². The Hall–Kier alpha value is -1.69. The summed E-state index contributed by atoms with van der Waals surface area (Å²) in [6.07, 6.45) is 5.51. The van der Waals surface area contributed by atoms with Crippen LogP contribution in [-0.4, -0.2) is 20.7 Å². The fourth-order valence-electron chi connectivity index (χ4n) is 0.487. The van der Waals surface area contributed by atoms with E-state index in [4.69, 9.17) is 5.84 Å². The first kappa shape index (κ1) is 7.42. The highest BCUT2D eigenvalue weighted by Crippen LogP contribution is 1.80. The minimum Gasteiger partial charge on any atom is -0.291 e. The highest BCUT2D eigenvalue weighted by Gasteiger charge is 1.88. The van der Waals surface area contributed by atoms with Gasteiger partial charge in [-0.05, 0) is 0 Å². The summed E-state index contributed by atoms with van der Waals surface area (Å²) in [5.74, 6) is 4.43. The third-order valence-electron chi connectivity index (χ3n) is 0.958. The van der Waals surface area contributed by atoms with Crippen molar-refractivity contribution >= 4 is 12.1 Å². The maximum absolute atomic E-state index is 10.5. The highest BCUT2D eigenvalue weighted by atomic mass is 16.2. The zero-order chi connectivity index (χ0) is 8.10. The summed E-state index contributed by atoms with van der Waals surface area (Å²) in [5.41, 5.74) is 1.94. The van der Waals surface area contributed by atoms with Crippen molar-refractivity contribution in [1.82, 2.24) is 20.2 Å². The van der Waals surface area contributed by atoms with E-state index in [0.717, 1.165) is 0 Å². The average molecular weight is 153 g/mol. The van der Waals surface area contributed by atoms with Crippen molar-refractivity contribution < 1.29 is 4.79 Å². The highest BCUT2D eigenvalue weighted by molar-refractivity contribution is 5.89. The molecule has 58 valence electrons. The topological polar surface area (TPSA) is 85.8 Å². The van der Waals surface area contributed by atoms with E-state index in [9.17, 15) is 4.79 Å². The van der Waals surface area contributed by atoms with Gasteiger partial charge in [0.15, 0.2) is 0 Å². The summed E-state index contributed by atoms with van der Waals surface area (Å²) in [4.78, 5) is 14.2. The minimum atomic E-state index is -0.388. The summed E-state index contributed by atoms with van der Waals surface area (Å²) in [7, 11) is 0. The molecule has 6 nitrogen and oxygen atoms in total. The summed E-state index contributed by atoms with van der Waals surface area (Å²) in [6.45, 7) is 0. The Morgan fingerprint density at radius 3 is 3.09 bits per heavy atom. The van der Waals surface area contributed by atoms with Gasteiger partial charge in [0, 0.05) is 12.3 Å². The van der Waals surface area contributed by atoms with Crippen LogP contribution < -0.4 is 11.3 Å². The second-order valence-corrected chi connectivity index (χ2v) is 1.70. The van der Waals surface area contributed by atoms with E-state index in [0.29, 0.717) is 0 Å². The van der Waals surface area contributed by atoms with Gasteiger partial charge in [0.25, 0.3) is 5.91 Å². The maximum atomic E-state index is 10.5. The van der Waals surface area contributed by atoms with Crippen LogP contribution in [0.15, 0.2) is 18.7 Å². The Morgan fingerprint density at radius 2 is 2.55 bits per heavy atom. The first-order valence-electron chi connectivity index (χ1n) is 2.86. The molecule has 0 atom stereocenters. The quantitative estimate of drug-likeness (QED) is 0.240. The summed E-state index contributed by atoms with van der Waals surface area (Å²) >= 11 is 0. The first-order chi connectivity index (χ1) is 5.33. The van der Waals surface area contributed by atoms with Gasteiger partial charge in [-0.3, -0.25) is 10.2 Å². The largest absolute Gasteiger partial charge is 0.291 e. The van der Waals surface area contributed by atoms with Crippen molar-refractivity contribution in [1.29, 1.82) is 0 Å². The third-order valence-corrected chi connectivity index (χ3v) is 0.958. The Morgan fingerprint density at radius 1 is 1.73 bits per heavy atom. The van der Waals surface area contributed by atoms with Gasteiger partial charge in [0.05, 0.1) is 0 Å². The van der Waals surface area contributed by atoms with Crippen molar-refractivity contribution in [2.75, 3.05) is 0 Å². The van der Waals surface area contributed by atoms with Crippen LogP contribution in [0, 0.1) is 0 Å². The van der Waals surface area contributed by atoms with Gasteiger partial charge in [-0.1, -0.05) is 0 Å². The molecule has 0 saturated heterocycles. The number of nitrogens with one attached hydrogen (secondary N) is 1. The van der Waals surface area contributed by atoms with E-state index in [2.05, 4.69) is 10.1 Å². The van der Waals surface area contributed by atoms with E-state index in [1.165, 1.54) is 29.6 Å². The SMILES string of the molecule is NNC(=O)C=Cn1cncn1. The van der Waals surface area contributed by atoms with Crippen LogP contribution in [0.25, 0.3) is 6.20 Å². The Bertz CT molecular complexity index is 252. The van der Waals surface area contributed by atoms with Crippen LogP contribution in [-0.2, 0) is 4.79 Å². The molecule has 11 heavy (non-hydrogen) atoms. The van der Waals surface area contributed by atoms with E-state index in [-0.39, 0.29) is 5.91 Å². The summed E-state index contributed by atoms with van der Waals surface area (Å²) in [5, 5.41) is 3.72. The van der Waals surface area contributed by atoms with Gasteiger partial charge in [-0.2, -0.15) is 5.10 Å². The fraction of sp³-hybridized carbons (Fsp3) is 0. The molecule has 1 rings (SSSR count). The molecule has 1 aromatic heterocycles. The molecule has 0 saturated carbocycles. The molecule has 1 heterocycles. The zero-order valence-electron chi connectivity index (χ0n) is 5.64. The number of nitrogens with two attached hydrogens (primary N) is 1. The number of hydrogen-bond acceptors (Lipinski definition) is 4. The predicted octanol–water partition coefficient (Wildman–Crippen LogP) is -1.26. The smallest absolute Gasteiger partial charge is 0.259 e. The van der Waals surface area contributed by atoms with Gasteiger partial charge in [0.1, 0.15) is 12.7 Å². The third kappa shape index (κ3) is 2.18. The lowest BCUT2D eigenvalue weighted by molar-refractivity contribution is -0.116. The van der Waals surface area contributed by atoms with E-state index >= 15 is 0 Å². The standard InChI is InChI=1S/C5H7N5O/c6-9-5(11)1-2-10-4-7-3-8-10/h1-4H,6H2,(H,9,11). The zero-order valence-corrected chi connectivity index (χ0v) is 5.64. The number of hydrazine groups is 1. The molecule has 0 spiro atoms. The molecule has 3 N–H and O–H groups in total. The minimum absolute atomic E-state index is 0.388. The van der Waals surface area contributed by atoms with E-state index in [1.54, 1.807) is 0 Å². The van der Waals surface area contributed by atoms with Crippen molar-refractivity contribution in [2.24, 2.45) is 5.84 Å². The van der Waals surface area contributed by atoms with Gasteiger partial charge in [-0.25, -0.2) is 15.5 Å². The van der Waals surface area contributed by atoms with Crippen LogP contribution >= 0.6 is 0 Å². The Kier molecular flexibility index (Phi) is 2.34. The second kappa shape index (κ2) is 3.47. The molecule has 1 aromatic rings. The van der Waals surface area contributed by atoms with Gasteiger partial charge in [0.2, 0.25) is 0 Å². The monoisotopic (exact) mass is 153 g/mol. The second-order valence-electron chi connectivity index (χ2n) is 1.70. The summed E-state index contributed by atoms with van der Waals surface area (Å²) < 4.78 is 1.38. The molecule has 0 fully saturated rings. The number of hydrogen-bond donors (Lipinski definition) is 2. The van der Waals surface area contributed by atoms with Gasteiger partial charge in [-0.15, -0.1) is 0 Å². The number of nitrogens with zero attached hydrogens (tertiary/aromatic N) is 3. The van der Waals surface area contributed by atoms with E-state index < -0.39 is 0 Å². The number of amides is 1. The van der Waals surface area contributed by atoms with Crippen molar-refractivity contribution in [2.45, 2.75) is 0 Å². The average Bonchev–Trinajstić information content (AvgIpc) is 2.52. The van der Waals surface area contributed by atoms with Crippen LogP contribution in [0.3, 0.4) is 0 Å². The number of aromatic nitrogens is 3. The molecular weight excluding hydrogens is 146 g/mol. The molecule has 0 aliphatic carbocycles. The van der Waals surface area contributed by atoms with Crippen LogP contribution in [0.4, 0.5) is 0 Å². The molecule has 0 unspecified atom stereocenters. The normalized spacial score (nSPS) is 10.3. The van der Waals surface area contributed by atoms with Crippen LogP contribution in [0.2, 0.25) is 0 Å². The molecule has 0 radical (unpaired) electrons. The molecule has 0 bridgehead atoms. The predicted molar refractivity (Wildman–Crippen MR) is 37.7 cm³/mol. The van der Waals surface area contributed by atoms with Crippen molar-refractivity contribution in [3.63, 3.8) is 0 Å². The molecular formula is C5H7N5O. The van der Waals surface area contributed by atoms with Crippen LogP contribution in [0.5, 0.6) is 0 Å². The molecule has 1 amide bonds. The maximum Gasteiger partial charge on any atom is 0.259 e. The number of rotatable bonds is 2. The van der Waals surface area contributed by atoms with Crippen LogP contribution in [0.1, 0.15) is 0 Å². The molecule has 6 heteroatoms. The first-order valence-corrected chi connectivity index (χ1v) is 2.86. The Balaban J connectivity index is 2.55. The van der Waals surface area contributed by atoms with Gasteiger partial charge < -0.3 is 0 Å². The molecule has 0 aliphatic rings. The number of carbonyl (C=O) groups excluding carboxylic acids is 1. The Labute approximate surface area is 62.7 Å². The molecule has 0 aromatic carbocycles. The molecule has 0 aliphatic heterocycles. The lowest BCUT2D eigenvalue weighted by atomic mass is 10.6. The number of carbonyl (C=O) groups is 1. The lowest BCUT2D eigenvalue weighted by Gasteiger charge is -1.89. The van der Waals surface area contributed by atoms with Gasteiger partial charge >= 0.3 is 0 Å². The summed E-state index contributed by atoms with van der Waals surface area (Å²) in [6, 6.07) is 0.